The second-order valence-electron chi connectivity index (χ2n) is 5.61. The molecule has 0 amide bonds. The Morgan fingerprint density at radius 3 is 2.62 bits per heavy atom. The minimum Gasteiger partial charge on any atom is -0.463 e. The monoisotopic (exact) mass is 350 g/mol. The first-order chi connectivity index (χ1) is 11.3. The normalized spacial score (nSPS) is 18.0. The summed E-state index contributed by atoms with van der Waals surface area (Å²) in [4.78, 5) is 12.7. The number of nitrogens with one attached hydrogen (secondary N) is 1. The summed E-state index contributed by atoms with van der Waals surface area (Å²) in [5, 5.41) is 4.32. The lowest BCUT2D eigenvalue weighted by Crippen LogP contribution is -2.30. The molecule has 1 unspecified atom stereocenters. The summed E-state index contributed by atoms with van der Waals surface area (Å²) >= 11 is 0. The van der Waals surface area contributed by atoms with Gasteiger partial charge in [0.1, 0.15) is 0 Å². The molecule has 130 valence electrons. The van der Waals surface area contributed by atoms with Crippen LogP contribution in [0.3, 0.4) is 0 Å². The van der Waals surface area contributed by atoms with E-state index in [0.29, 0.717) is 23.3 Å². The third kappa shape index (κ3) is 3.67. The maximum Gasteiger partial charge on any atom is 0.336 e. The summed E-state index contributed by atoms with van der Waals surface area (Å²) < 4.78 is 28.9. The van der Waals surface area contributed by atoms with Gasteiger partial charge in [0.05, 0.1) is 28.7 Å². The second kappa shape index (κ2) is 7.17. The lowest BCUT2D eigenvalue weighted by Gasteiger charge is -2.27. The van der Waals surface area contributed by atoms with Crippen LogP contribution in [0.15, 0.2) is 45.5 Å². The molecule has 1 N–H and O–H groups in total. The van der Waals surface area contributed by atoms with Crippen LogP contribution < -0.4 is 5.43 Å². The summed E-state index contributed by atoms with van der Waals surface area (Å²) in [6, 6.07) is 6.63. The molecule has 0 aromatic heterocycles. The van der Waals surface area contributed by atoms with Gasteiger partial charge in [-0.25, -0.2) is 13.2 Å². The molecule has 1 atom stereocenters. The van der Waals surface area contributed by atoms with E-state index in [1.807, 2.05) is 13.0 Å². The molecule has 1 aliphatic rings. The Kier molecular flexibility index (Phi) is 5.43. The van der Waals surface area contributed by atoms with Gasteiger partial charge in [-0.1, -0.05) is 19.1 Å². The summed E-state index contributed by atoms with van der Waals surface area (Å²) in [6.45, 7) is 5.72. The van der Waals surface area contributed by atoms with E-state index in [4.69, 9.17) is 4.74 Å². The Morgan fingerprint density at radius 1 is 1.33 bits per heavy atom. The molecule has 7 heteroatoms. The van der Waals surface area contributed by atoms with Crippen LogP contribution in [0.4, 0.5) is 0 Å². The van der Waals surface area contributed by atoms with Crippen LogP contribution in [0.5, 0.6) is 0 Å². The Morgan fingerprint density at radius 2 is 2.04 bits per heavy atom. The Labute approximate surface area is 142 Å². The Hall–Kier alpha value is -2.15. The van der Waals surface area contributed by atoms with Gasteiger partial charge in [-0.05, 0) is 38.0 Å². The van der Waals surface area contributed by atoms with Gasteiger partial charge < -0.3 is 4.74 Å². The fourth-order valence-electron chi connectivity index (χ4n) is 2.71. The summed E-state index contributed by atoms with van der Waals surface area (Å²) in [7, 11) is -3.34. The molecule has 1 heterocycles. The van der Waals surface area contributed by atoms with Crippen molar-refractivity contribution >= 4 is 21.5 Å². The maximum atomic E-state index is 12.4. The number of allylic oxidation sites excluding steroid dienone is 1. The highest BCUT2D eigenvalue weighted by molar-refractivity contribution is 7.90. The number of sulfone groups is 1. The van der Waals surface area contributed by atoms with E-state index in [1.54, 1.807) is 32.0 Å². The SMILES string of the molecule is CCOC(=O)C1=C(C)NN=C(CC)C1c1cccc(S(C)(=O)=O)c1. The van der Waals surface area contributed by atoms with Crippen molar-refractivity contribution in [1.29, 1.82) is 0 Å². The first-order valence-electron chi connectivity index (χ1n) is 7.80. The lowest BCUT2D eigenvalue weighted by molar-refractivity contribution is -0.138. The highest BCUT2D eigenvalue weighted by Crippen LogP contribution is 2.33. The zero-order valence-electron chi connectivity index (χ0n) is 14.3. The predicted molar refractivity (Wildman–Crippen MR) is 92.5 cm³/mol. The molecule has 0 saturated heterocycles. The molecule has 0 radical (unpaired) electrons. The van der Waals surface area contributed by atoms with Crippen LogP contribution in [-0.2, 0) is 19.4 Å². The fourth-order valence-corrected chi connectivity index (χ4v) is 3.39. The number of rotatable bonds is 5. The summed E-state index contributed by atoms with van der Waals surface area (Å²) in [6.07, 6.45) is 1.79. The van der Waals surface area contributed by atoms with Crippen LogP contribution in [0.25, 0.3) is 0 Å². The molecule has 24 heavy (non-hydrogen) atoms. The van der Waals surface area contributed by atoms with Crippen molar-refractivity contribution in [3.05, 3.63) is 41.1 Å². The highest BCUT2D eigenvalue weighted by atomic mass is 32.2. The van der Waals surface area contributed by atoms with Crippen LogP contribution >= 0.6 is 0 Å². The van der Waals surface area contributed by atoms with Gasteiger partial charge in [-0.2, -0.15) is 5.10 Å². The minimum absolute atomic E-state index is 0.217. The third-order valence-corrected chi connectivity index (χ3v) is 4.98. The van der Waals surface area contributed by atoms with Gasteiger partial charge in [0.2, 0.25) is 0 Å². The van der Waals surface area contributed by atoms with Gasteiger partial charge in [0.15, 0.2) is 9.84 Å². The molecule has 2 rings (SSSR count). The van der Waals surface area contributed by atoms with Crippen LogP contribution in [-0.4, -0.2) is 33.0 Å². The topological polar surface area (TPSA) is 84.8 Å². The van der Waals surface area contributed by atoms with Crippen molar-refractivity contribution in [2.45, 2.75) is 38.0 Å². The zero-order chi connectivity index (χ0) is 17.9. The van der Waals surface area contributed by atoms with Crippen LogP contribution in [0.2, 0.25) is 0 Å². The molecule has 1 aliphatic heterocycles. The van der Waals surface area contributed by atoms with Crippen molar-refractivity contribution in [2.24, 2.45) is 5.10 Å². The lowest BCUT2D eigenvalue weighted by atomic mass is 9.84. The molecule has 6 nitrogen and oxygen atoms in total. The van der Waals surface area contributed by atoms with E-state index in [1.165, 1.54) is 0 Å². The molecule has 0 saturated carbocycles. The molecule has 0 spiro atoms. The summed E-state index contributed by atoms with van der Waals surface area (Å²) in [5.74, 6) is -0.838. The quantitative estimate of drug-likeness (QED) is 0.824. The number of carbonyl (C=O) groups is 1. The van der Waals surface area contributed by atoms with Crippen LogP contribution in [0.1, 0.15) is 38.7 Å². The van der Waals surface area contributed by atoms with E-state index in [2.05, 4.69) is 10.5 Å². The number of benzene rings is 1. The second-order valence-corrected chi connectivity index (χ2v) is 7.62. The highest BCUT2D eigenvalue weighted by Gasteiger charge is 2.33. The van der Waals surface area contributed by atoms with E-state index in [0.717, 1.165) is 12.0 Å². The van der Waals surface area contributed by atoms with E-state index < -0.39 is 21.7 Å². The van der Waals surface area contributed by atoms with Crippen molar-refractivity contribution in [3.63, 3.8) is 0 Å². The third-order valence-electron chi connectivity index (χ3n) is 3.87. The van der Waals surface area contributed by atoms with E-state index in [9.17, 15) is 13.2 Å². The standard InChI is InChI=1S/C17H22N2O4S/c1-5-14-16(12-8-7-9-13(10-12)24(4,21)22)15(11(3)18-19-14)17(20)23-6-2/h7-10,16,18H,5-6H2,1-4H3. The van der Waals surface area contributed by atoms with Gasteiger partial charge in [0.25, 0.3) is 0 Å². The maximum absolute atomic E-state index is 12.4. The van der Waals surface area contributed by atoms with Crippen molar-refractivity contribution in [3.8, 4) is 0 Å². The number of hydrogen-bond acceptors (Lipinski definition) is 6. The molecule has 1 aromatic carbocycles. The van der Waals surface area contributed by atoms with E-state index in [-0.39, 0.29) is 11.5 Å². The number of nitrogens with zero attached hydrogens (tertiary/aromatic N) is 1. The van der Waals surface area contributed by atoms with Crippen molar-refractivity contribution in [2.75, 3.05) is 12.9 Å². The first-order valence-corrected chi connectivity index (χ1v) is 9.69. The fraction of sp³-hybridized carbons (Fsp3) is 0.412. The zero-order valence-corrected chi connectivity index (χ0v) is 15.1. The minimum atomic E-state index is -3.34. The average molecular weight is 350 g/mol. The van der Waals surface area contributed by atoms with Gasteiger partial charge >= 0.3 is 5.97 Å². The van der Waals surface area contributed by atoms with Gasteiger partial charge in [-0.15, -0.1) is 0 Å². The Bertz CT molecular complexity index is 810. The number of carbonyl (C=O) groups excluding carboxylic acids is 1. The molecule has 0 aliphatic carbocycles. The number of esters is 1. The number of ether oxygens (including phenoxy) is 1. The average Bonchev–Trinajstić information content (AvgIpc) is 2.54. The molecule has 0 fully saturated rings. The molecule has 1 aromatic rings. The largest absolute Gasteiger partial charge is 0.463 e. The van der Waals surface area contributed by atoms with E-state index >= 15 is 0 Å². The van der Waals surface area contributed by atoms with Gasteiger partial charge in [-0.3, -0.25) is 5.43 Å². The van der Waals surface area contributed by atoms with Crippen molar-refractivity contribution in [1.82, 2.24) is 5.43 Å². The summed E-state index contributed by atoms with van der Waals surface area (Å²) in [5.41, 5.74) is 5.41. The van der Waals surface area contributed by atoms with Crippen molar-refractivity contribution < 1.29 is 17.9 Å². The van der Waals surface area contributed by atoms with Crippen LogP contribution in [0, 0.1) is 0 Å². The Balaban J connectivity index is 2.59. The molecule has 0 bridgehead atoms. The van der Waals surface area contributed by atoms with Gasteiger partial charge in [0, 0.05) is 12.0 Å². The number of hydrogen-bond donors (Lipinski definition) is 1. The number of hydrazone groups is 1. The smallest absolute Gasteiger partial charge is 0.336 e. The molecular weight excluding hydrogens is 328 g/mol. The predicted octanol–water partition coefficient (Wildman–Crippen LogP) is 2.38. The molecular formula is C17H22N2O4S. The first kappa shape index (κ1) is 18.2.